The normalized spacial score (nSPS) is 14.8. The third-order valence-corrected chi connectivity index (χ3v) is 6.94. The summed E-state index contributed by atoms with van der Waals surface area (Å²) in [5.41, 5.74) is 0.387. The maximum atomic E-state index is 13.4. The van der Waals surface area contributed by atoms with Crippen molar-refractivity contribution in [3.63, 3.8) is 0 Å². The van der Waals surface area contributed by atoms with Crippen molar-refractivity contribution in [2.45, 2.75) is 17.9 Å². The van der Waals surface area contributed by atoms with E-state index in [-0.39, 0.29) is 30.7 Å². The Bertz CT molecular complexity index is 1220. The summed E-state index contributed by atoms with van der Waals surface area (Å²) in [6, 6.07) is 22.0. The molecule has 1 amide bonds. The third-order valence-electron chi connectivity index (χ3n) is 5.15. The molecule has 3 aromatic rings. The maximum absolute atomic E-state index is 13.4. The molecule has 0 aliphatic carbocycles. The lowest BCUT2D eigenvalue weighted by Crippen LogP contribution is -2.45. The summed E-state index contributed by atoms with van der Waals surface area (Å²) < 4.78 is 44.9. The largest absolute Gasteiger partial charge is 0.494 e. The maximum Gasteiger partial charge on any atom is 0.264 e. The Morgan fingerprint density at radius 1 is 1.00 bits per heavy atom. The van der Waals surface area contributed by atoms with Crippen LogP contribution in [-0.2, 0) is 14.8 Å². The molecule has 0 saturated carbocycles. The van der Waals surface area contributed by atoms with E-state index < -0.39 is 15.9 Å². The second-order valence-electron chi connectivity index (χ2n) is 7.55. The van der Waals surface area contributed by atoms with Crippen LogP contribution in [0.5, 0.6) is 17.2 Å². The van der Waals surface area contributed by atoms with Gasteiger partial charge in [-0.2, -0.15) is 0 Å². The van der Waals surface area contributed by atoms with Gasteiger partial charge in [0, 0.05) is 0 Å². The van der Waals surface area contributed by atoms with Crippen LogP contribution in [-0.4, -0.2) is 46.7 Å². The molecule has 0 aromatic heterocycles. The number of ether oxygens (including phenoxy) is 3. The summed E-state index contributed by atoms with van der Waals surface area (Å²) in [6.07, 6.45) is -0.383. The summed E-state index contributed by atoms with van der Waals surface area (Å²) in [7, 11) is -4.00. The second-order valence-corrected chi connectivity index (χ2v) is 9.42. The fraction of sp³-hybridized carbons (Fsp3) is 0.240. The number of rotatable bonds is 9. The molecule has 1 heterocycles. The van der Waals surface area contributed by atoms with E-state index in [9.17, 15) is 13.2 Å². The molecule has 1 N–H and O–H groups in total. The predicted molar refractivity (Wildman–Crippen MR) is 128 cm³/mol. The van der Waals surface area contributed by atoms with Gasteiger partial charge in [-0.25, -0.2) is 8.42 Å². The van der Waals surface area contributed by atoms with E-state index in [4.69, 9.17) is 14.2 Å². The van der Waals surface area contributed by atoms with E-state index in [1.807, 2.05) is 25.1 Å². The number of carbonyl (C=O) groups excluding carboxylic acids is 1. The molecule has 0 fully saturated rings. The van der Waals surface area contributed by atoms with E-state index in [1.165, 1.54) is 12.1 Å². The number of carbonyl (C=O) groups is 1. The number of fused-ring (bicyclic) bond motifs is 1. The molecule has 1 aliphatic heterocycles. The predicted octanol–water partition coefficient (Wildman–Crippen LogP) is 3.24. The lowest BCUT2D eigenvalue weighted by molar-refractivity contribution is -0.120. The zero-order chi connectivity index (χ0) is 24.0. The molecule has 4 rings (SSSR count). The Balaban J connectivity index is 1.46. The number of sulfonamides is 1. The molecule has 0 unspecified atom stereocenters. The van der Waals surface area contributed by atoms with Gasteiger partial charge in [-0.05, 0) is 55.5 Å². The molecule has 0 radical (unpaired) electrons. The van der Waals surface area contributed by atoms with Gasteiger partial charge in [0.2, 0.25) is 5.91 Å². The SMILES string of the molecule is CCOc1ccc(S(=O)(=O)N(CC(=O)NC[C@H]2COc3ccccc3O2)c2ccccc2)cc1. The minimum atomic E-state index is -4.00. The standard InChI is InChI=1S/C25H26N2O6S/c1-2-31-20-12-14-22(15-13-20)34(29,30)27(19-8-4-3-5-9-19)17-25(28)26-16-21-18-32-23-10-6-7-11-24(23)33-21/h3-15,21H,2,16-18H2,1H3,(H,26,28)/t21-/m0/s1. The molecule has 0 spiro atoms. The van der Waals surface area contributed by atoms with Gasteiger partial charge in [-0.3, -0.25) is 9.10 Å². The molecule has 3 aromatic carbocycles. The van der Waals surface area contributed by atoms with Crippen molar-refractivity contribution >= 4 is 21.6 Å². The first-order chi connectivity index (χ1) is 16.5. The number of hydrogen-bond acceptors (Lipinski definition) is 6. The number of para-hydroxylation sites is 3. The van der Waals surface area contributed by atoms with Crippen molar-refractivity contribution in [2.75, 3.05) is 30.6 Å². The fourth-order valence-electron chi connectivity index (χ4n) is 3.49. The third kappa shape index (κ3) is 5.43. The average Bonchev–Trinajstić information content (AvgIpc) is 2.87. The Kier molecular flexibility index (Phi) is 7.22. The van der Waals surface area contributed by atoms with Crippen molar-refractivity contribution in [1.29, 1.82) is 0 Å². The minimum absolute atomic E-state index is 0.0632. The molecule has 9 heteroatoms. The molecule has 1 atom stereocenters. The topological polar surface area (TPSA) is 94.2 Å². The summed E-state index contributed by atoms with van der Waals surface area (Å²) in [4.78, 5) is 12.9. The lowest BCUT2D eigenvalue weighted by Gasteiger charge is -2.27. The Hall–Kier alpha value is -3.72. The van der Waals surface area contributed by atoms with Gasteiger partial charge >= 0.3 is 0 Å². The van der Waals surface area contributed by atoms with E-state index in [0.717, 1.165) is 4.31 Å². The van der Waals surface area contributed by atoms with Crippen LogP contribution in [0.2, 0.25) is 0 Å². The van der Waals surface area contributed by atoms with E-state index in [0.29, 0.717) is 29.5 Å². The highest BCUT2D eigenvalue weighted by Gasteiger charge is 2.28. The van der Waals surface area contributed by atoms with Crippen molar-refractivity contribution in [3.05, 3.63) is 78.9 Å². The monoisotopic (exact) mass is 482 g/mol. The Morgan fingerprint density at radius 2 is 1.68 bits per heavy atom. The summed E-state index contributed by atoms with van der Waals surface area (Å²) in [5.74, 6) is 1.38. The summed E-state index contributed by atoms with van der Waals surface area (Å²) in [6.45, 7) is 2.40. The summed E-state index contributed by atoms with van der Waals surface area (Å²) >= 11 is 0. The van der Waals surface area contributed by atoms with Gasteiger partial charge in [0.15, 0.2) is 11.5 Å². The first-order valence-electron chi connectivity index (χ1n) is 10.9. The van der Waals surface area contributed by atoms with Gasteiger partial charge in [-0.15, -0.1) is 0 Å². The molecule has 8 nitrogen and oxygen atoms in total. The number of amides is 1. The number of hydrogen-bond donors (Lipinski definition) is 1. The van der Waals surface area contributed by atoms with Crippen LogP contribution < -0.4 is 23.8 Å². The van der Waals surface area contributed by atoms with Crippen LogP contribution >= 0.6 is 0 Å². The van der Waals surface area contributed by atoms with Crippen molar-refractivity contribution in [2.24, 2.45) is 0 Å². The van der Waals surface area contributed by atoms with Crippen molar-refractivity contribution in [1.82, 2.24) is 5.32 Å². The van der Waals surface area contributed by atoms with Gasteiger partial charge in [-0.1, -0.05) is 30.3 Å². The number of benzene rings is 3. The van der Waals surface area contributed by atoms with Crippen LogP contribution in [0.4, 0.5) is 5.69 Å². The van der Waals surface area contributed by atoms with Gasteiger partial charge < -0.3 is 19.5 Å². The van der Waals surface area contributed by atoms with Crippen molar-refractivity contribution in [3.8, 4) is 17.2 Å². The number of nitrogens with one attached hydrogen (secondary N) is 1. The highest BCUT2D eigenvalue weighted by Crippen LogP contribution is 2.30. The molecular weight excluding hydrogens is 456 g/mol. The molecule has 0 saturated heterocycles. The van der Waals surface area contributed by atoms with Gasteiger partial charge in [0.25, 0.3) is 10.0 Å². The van der Waals surface area contributed by atoms with Gasteiger partial charge in [0.1, 0.15) is 25.0 Å². The first kappa shape index (κ1) is 23.4. The van der Waals surface area contributed by atoms with Crippen LogP contribution in [0.25, 0.3) is 0 Å². The van der Waals surface area contributed by atoms with Crippen LogP contribution in [0.3, 0.4) is 0 Å². The van der Waals surface area contributed by atoms with Crippen LogP contribution in [0, 0.1) is 0 Å². The minimum Gasteiger partial charge on any atom is -0.494 e. The molecular formula is C25H26N2O6S. The Labute approximate surface area is 199 Å². The zero-order valence-electron chi connectivity index (χ0n) is 18.7. The number of nitrogens with zero attached hydrogens (tertiary/aromatic N) is 1. The first-order valence-corrected chi connectivity index (χ1v) is 12.4. The van der Waals surface area contributed by atoms with Crippen LogP contribution in [0.15, 0.2) is 83.8 Å². The van der Waals surface area contributed by atoms with Crippen molar-refractivity contribution < 1.29 is 27.4 Å². The molecule has 34 heavy (non-hydrogen) atoms. The smallest absolute Gasteiger partial charge is 0.264 e. The average molecular weight is 483 g/mol. The fourth-order valence-corrected chi connectivity index (χ4v) is 4.91. The van der Waals surface area contributed by atoms with Crippen LogP contribution in [0.1, 0.15) is 6.92 Å². The lowest BCUT2D eigenvalue weighted by atomic mass is 10.2. The van der Waals surface area contributed by atoms with E-state index >= 15 is 0 Å². The molecule has 178 valence electrons. The highest BCUT2D eigenvalue weighted by molar-refractivity contribution is 7.92. The molecule has 1 aliphatic rings. The van der Waals surface area contributed by atoms with E-state index in [2.05, 4.69) is 5.32 Å². The quantitative estimate of drug-likeness (QED) is 0.503. The number of anilines is 1. The second kappa shape index (κ2) is 10.5. The zero-order valence-corrected chi connectivity index (χ0v) is 19.5. The Morgan fingerprint density at radius 3 is 2.38 bits per heavy atom. The highest BCUT2D eigenvalue weighted by atomic mass is 32.2. The van der Waals surface area contributed by atoms with Gasteiger partial charge in [0.05, 0.1) is 23.7 Å². The summed E-state index contributed by atoms with van der Waals surface area (Å²) in [5, 5.41) is 2.76. The van der Waals surface area contributed by atoms with E-state index in [1.54, 1.807) is 48.5 Å². The molecule has 0 bridgehead atoms.